The summed E-state index contributed by atoms with van der Waals surface area (Å²) in [6.45, 7) is 2.32. The number of benzene rings is 1. The average molecular weight is 258 g/mol. The molecule has 1 aliphatic carbocycles. The third kappa shape index (κ3) is 2.85. The Bertz CT molecular complexity index is 398. The van der Waals surface area contributed by atoms with Crippen LogP contribution in [0, 0.1) is 0 Å². The van der Waals surface area contributed by atoms with Gasteiger partial charge in [-0.3, -0.25) is 0 Å². The number of nitrogens with one attached hydrogen (secondary N) is 1. The van der Waals surface area contributed by atoms with Crippen molar-refractivity contribution in [2.24, 2.45) is 5.73 Å². The summed E-state index contributed by atoms with van der Waals surface area (Å²) in [7, 11) is 0. The van der Waals surface area contributed by atoms with Crippen molar-refractivity contribution in [1.82, 2.24) is 5.32 Å². The normalized spacial score (nSPS) is 24.3. The second kappa shape index (κ2) is 5.64. The van der Waals surface area contributed by atoms with Crippen LogP contribution >= 0.6 is 0 Å². The molecule has 0 atom stereocenters. The van der Waals surface area contributed by atoms with Gasteiger partial charge >= 0.3 is 0 Å². The molecule has 1 saturated heterocycles. The molecule has 3 rings (SSSR count). The van der Waals surface area contributed by atoms with Crippen molar-refractivity contribution in [1.29, 1.82) is 0 Å². The van der Waals surface area contributed by atoms with E-state index in [4.69, 9.17) is 5.73 Å². The van der Waals surface area contributed by atoms with E-state index in [1.54, 1.807) is 0 Å². The zero-order chi connectivity index (χ0) is 13.1. The first-order valence-electron chi connectivity index (χ1n) is 7.88. The lowest BCUT2D eigenvalue weighted by molar-refractivity contribution is 0.302. The minimum atomic E-state index is -0.0507. The highest BCUT2D eigenvalue weighted by atomic mass is 14.9. The second-order valence-corrected chi connectivity index (χ2v) is 6.36. The van der Waals surface area contributed by atoms with E-state index >= 15 is 0 Å². The smallest absolute Gasteiger partial charge is 0.0409 e. The molecule has 0 aromatic heterocycles. The van der Waals surface area contributed by atoms with Crippen molar-refractivity contribution < 1.29 is 0 Å². The Balaban J connectivity index is 1.74. The molecule has 0 spiro atoms. The van der Waals surface area contributed by atoms with Gasteiger partial charge in [0, 0.05) is 5.54 Å². The molecule has 2 fully saturated rings. The van der Waals surface area contributed by atoms with Gasteiger partial charge in [0.2, 0.25) is 0 Å². The highest BCUT2D eigenvalue weighted by molar-refractivity contribution is 5.30. The first-order valence-corrected chi connectivity index (χ1v) is 7.88. The maximum Gasteiger partial charge on any atom is 0.0409 e. The summed E-state index contributed by atoms with van der Waals surface area (Å²) in [6.07, 6.45) is 8.77. The lowest BCUT2D eigenvalue weighted by Gasteiger charge is -2.34. The Morgan fingerprint density at radius 3 is 2.21 bits per heavy atom. The molecule has 2 heteroatoms. The van der Waals surface area contributed by atoms with E-state index in [-0.39, 0.29) is 5.54 Å². The fourth-order valence-electron chi connectivity index (χ4n) is 3.71. The van der Waals surface area contributed by atoms with Crippen LogP contribution in [0.25, 0.3) is 0 Å². The SMILES string of the molecule is NC1(c2ccc(C3CCNCC3)cc2)CCCCC1. The van der Waals surface area contributed by atoms with Crippen LogP contribution in [-0.4, -0.2) is 13.1 Å². The zero-order valence-corrected chi connectivity index (χ0v) is 11.8. The summed E-state index contributed by atoms with van der Waals surface area (Å²) < 4.78 is 0. The summed E-state index contributed by atoms with van der Waals surface area (Å²) in [5.74, 6) is 0.746. The van der Waals surface area contributed by atoms with Crippen molar-refractivity contribution in [3.05, 3.63) is 35.4 Å². The quantitative estimate of drug-likeness (QED) is 0.854. The van der Waals surface area contributed by atoms with E-state index in [0.29, 0.717) is 0 Å². The van der Waals surface area contributed by atoms with Crippen molar-refractivity contribution in [3.63, 3.8) is 0 Å². The van der Waals surface area contributed by atoms with Crippen LogP contribution in [0.15, 0.2) is 24.3 Å². The van der Waals surface area contributed by atoms with E-state index < -0.39 is 0 Å². The third-order valence-corrected chi connectivity index (χ3v) is 5.04. The van der Waals surface area contributed by atoms with Gasteiger partial charge in [-0.1, -0.05) is 43.5 Å². The molecule has 1 aromatic rings. The molecule has 104 valence electrons. The molecule has 1 aliphatic heterocycles. The number of piperidine rings is 1. The summed E-state index contributed by atoms with van der Waals surface area (Å²) in [4.78, 5) is 0. The molecular formula is C17H26N2. The Kier molecular flexibility index (Phi) is 3.90. The Labute approximate surface area is 116 Å². The van der Waals surface area contributed by atoms with Gasteiger partial charge in [-0.05, 0) is 55.8 Å². The van der Waals surface area contributed by atoms with Gasteiger partial charge in [0.25, 0.3) is 0 Å². The van der Waals surface area contributed by atoms with E-state index in [1.165, 1.54) is 43.2 Å². The zero-order valence-electron chi connectivity index (χ0n) is 11.8. The monoisotopic (exact) mass is 258 g/mol. The van der Waals surface area contributed by atoms with Gasteiger partial charge < -0.3 is 11.1 Å². The van der Waals surface area contributed by atoms with Crippen LogP contribution in [0.4, 0.5) is 0 Å². The van der Waals surface area contributed by atoms with Gasteiger partial charge in [0.1, 0.15) is 0 Å². The van der Waals surface area contributed by atoms with E-state index in [9.17, 15) is 0 Å². The number of hydrogen-bond donors (Lipinski definition) is 2. The molecule has 2 aliphatic rings. The Hall–Kier alpha value is -0.860. The highest BCUT2D eigenvalue weighted by Gasteiger charge is 2.29. The highest BCUT2D eigenvalue weighted by Crippen LogP contribution is 2.35. The first kappa shape index (κ1) is 13.1. The fraction of sp³-hybridized carbons (Fsp3) is 0.647. The Morgan fingerprint density at radius 2 is 1.58 bits per heavy atom. The summed E-state index contributed by atoms with van der Waals surface area (Å²) in [6, 6.07) is 9.24. The summed E-state index contributed by atoms with van der Waals surface area (Å²) >= 11 is 0. The van der Waals surface area contributed by atoms with Gasteiger partial charge in [-0.2, -0.15) is 0 Å². The molecule has 2 nitrogen and oxygen atoms in total. The molecule has 1 aromatic carbocycles. The van der Waals surface area contributed by atoms with E-state index in [2.05, 4.69) is 29.6 Å². The number of nitrogens with two attached hydrogens (primary N) is 1. The minimum Gasteiger partial charge on any atom is -0.321 e. The van der Waals surface area contributed by atoms with E-state index in [0.717, 1.165) is 31.8 Å². The molecule has 3 N–H and O–H groups in total. The second-order valence-electron chi connectivity index (χ2n) is 6.36. The summed E-state index contributed by atoms with van der Waals surface area (Å²) in [5.41, 5.74) is 9.40. The number of rotatable bonds is 2. The summed E-state index contributed by atoms with van der Waals surface area (Å²) in [5, 5.41) is 3.43. The van der Waals surface area contributed by atoms with Gasteiger partial charge in [-0.15, -0.1) is 0 Å². The third-order valence-electron chi connectivity index (χ3n) is 5.04. The molecule has 19 heavy (non-hydrogen) atoms. The molecule has 0 unspecified atom stereocenters. The first-order chi connectivity index (χ1) is 9.28. The van der Waals surface area contributed by atoms with Gasteiger partial charge in [-0.25, -0.2) is 0 Å². The standard InChI is InChI=1S/C17H26N2/c18-17(10-2-1-3-11-17)16-6-4-14(5-7-16)15-8-12-19-13-9-15/h4-7,15,19H,1-3,8-13,18H2. The molecule has 0 radical (unpaired) electrons. The number of hydrogen-bond acceptors (Lipinski definition) is 2. The average Bonchev–Trinajstić information content (AvgIpc) is 2.49. The van der Waals surface area contributed by atoms with E-state index in [1.807, 2.05) is 0 Å². The van der Waals surface area contributed by atoms with Crippen LogP contribution in [0.5, 0.6) is 0 Å². The molecule has 0 bridgehead atoms. The van der Waals surface area contributed by atoms with Crippen molar-refractivity contribution in [2.45, 2.75) is 56.4 Å². The topological polar surface area (TPSA) is 38.0 Å². The van der Waals surface area contributed by atoms with Crippen LogP contribution < -0.4 is 11.1 Å². The molecule has 1 saturated carbocycles. The minimum absolute atomic E-state index is 0.0507. The lowest BCUT2D eigenvalue weighted by Crippen LogP contribution is -2.38. The molecule has 0 amide bonds. The van der Waals surface area contributed by atoms with Gasteiger partial charge in [0.05, 0.1) is 0 Å². The molecular weight excluding hydrogens is 232 g/mol. The predicted octanol–water partition coefficient (Wildman–Crippen LogP) is 3.27. The van der Waals surface area contributed by atoms with Crippen molar-refractivity contribution in [3.8, 4) is 0 Å². The lowest BCUT2D eigenvalue weighted by atomic mass is 9.77. The predicted molar refractivity (Wildman–Crippen MR) is 80.2 cm³/mol. The van der Waals surface area contributed by atoms with Crippen LogP contribution in [-0.2, 0) is 5.54 Å². The van der Waals surface area contributed by atoms with Crippen LogP contribution in [0.2, 0.25) is 0 Å². The van der Waals surface area contributed by atoms with Crippen LogP contribution in [0.3, 0.4) is 0 Å². The fourth-order valence-corrected chi connectivity index (χ4v) is 3.71. The maximum atomic E-state index is 6.60. The van der Waals surface area contributed by atoms with Crippen molar-refractivity contribution in [2.75, 3.05) is 13.1 Å². The maximum absolute atomic E-state index is 6.60. The van der Waals surface area contributed by atoms with Crippen LogP contribution in [0.1, 0.15) is 62.0 Å². The molecule has 1 heterocycles. The largest absolute Gasteiger partial charge is 0.321 e. The Morgan fingerprint density at radius 1 is 0.947 bits per heavy atom. The van der Waals surface area contributed by atoms with Crippen molar-refractivity contribution >= 4 is 0 Å². The van der Waals surface area contributed by atoms with Gasteiger partial charge in [0.15, 0.2) is 0 Å².